The molecule has 0 radical (unpaired) electrons. The monoisotopic (exact) mass is 501 g/mol. The molecule has 37 heavy (non-hydrogen) atoms. The van der Waals surface area contributed by atoms with Crippen LogP contribution >= 0.6 is 0 Å². The number of ether oxygens (including phenoxy) is 2. The molecule has 4 amide bonds. The van der Waals surface area contributed by atoms with E-state index in [0.29, 0.717) is 33.9 Å². The fourth-order valence-electron chi connectivity index (χ4n) is 3.85. The van der Waals surface area contributed by atoms with Crippen LogP contribution in [0.5, 0.6) is 11.5 Å². The van der Waals surface area contributed by atoms with Gasteiger partial charge in [-0.05, 0) is 61.4 Å². The molecule has 0 spiro atoms. The Hall–Kier alpha value is -4.99. The van der Waals surface area contributed by atoms with E-state index in [1.807, 2.05) is 13.0 Å². The predicted molar refractivity (Wildman–Crippen MR) is 135 cm³/mol. The maximum atomic E-state index is 13.3. The summed E-state index contributed by atoms with van der Waals surface area (Å²) >= 11 is 0. The minimum absolute atomic E-state index is 0.0414. The molecule has 10 heteroatoms. The zero-order chi connectivity index (χ0) is 26.7. The number of nitro benzene ring substituents is 1. The van der Waals surface area contributed by atoms with Gasteiger partial charge in [0.05, 0.1) is 17.7 Å². The predicted octanol–water partition coefficient (Wildman–Crippen LogP) is 4.47. The van der Waals surface area contributed by atoms with Crippen LogP contribution in [0, 0.1) is 24.0 Å². The highest BCUT2D eigenvalue weighted by molar-refractivity contribution is 6.39. The number of hydrogen-bond acceptors (Lipinski definition) is 7. The Bertz CT molecular complexity index is 1440. The largest absolute Gasteiger partial charge is 0.497 e. The Kier molecular flexibility index (Phi) is 7.01. The second-order valence-corrected chi connectivity index (χ2v) is 8.36. The number of imide groups is 2. The van der Waals surface area contributed by atoms with Crippen molar-refractivity contribution in [3.8, 4) is 11.5 Å². The number of carbonyl (C=O) groups excluding carboxylic acids is 3. The molecule has 3 aromatic carbocycles. The molecule has 4 rings (SSSR count). The first-order chi connectivity index (χ1) is 17.7. The second-order valence-electron chi connectivity index (χ2n) is 8.36. The molecular formula is C27H23N3O7. The Morgan fingerprint density at radius 3 is 2.38 bits per heavy atom. The van der Waals surface area contributed by atoms with Crippen molar-refractivity contribution in [2.24, 2.45) is 0 Å². The summed E-state index contributed by atoms with van der Waals surface area (Å²) in [6, 6.07) is 15.2. The third-order valence-corrected chi connectivity index (χ3v) is 5.76. The fourth-order valence-corrected chi connectivity index (χ4v) is 3.85. The van der Waals surface area contributed by atoms with Crippen molar-refractivity contribution in [3.05, 3.63) is 98.6 Å². The number of rotatable bonds is 7. The Balaban J connectivity index is 1.67. The first kappa shape index (κ1) is 25.1. The van der Waals surface area contributed by atoms with E-state index < -0.39 is 22.8 Å². The van der Waals surface area contributed by atoms with Crippen molar-refractivity contribution < 1.29 is 28.8 Å². The van der Waals surface area contributed by atoms with Gasteiger partial charge in [-0.1, -0.05) is 17.7 Å². The number of anilines is 1. The van der Waals surface area contributed by atoms with E-state index in [0.717, 1.165) is 10.5 Å². The first-order valence-electron chi connectivity index (χ1n) is 11.2. The van der Waals surface area contributed by atoms with Crippen molar-refractivity contribution in [2.45, 2.75) is 20.5 Å². The van der Waals surface area contributed by atoms with Crippen LogP contribution in [0.2, 0.25) is 0 Å². The lowest BCUT2D eigenvalue weighted by Gasteiger charge is -2.27. The number of nitrogens with zero attached hydrogens (tertiary/aromatic N) is 2. The van der Waals surface area contributed by atoms with Gasteiger partial charge in [0.2, 0.25) is 0 Å². The van der Waals surface area contributed by atoms with Crippen LogP contribution in [0.15, 0.2) is 66.2 Å². The summed E-state index contributed by atoms with van der Waals surface area (Å²) in [7, 11) is 1.49. The summed E-state index contributed by atoms with van der Waals surface area (Å²) < 4.78 is 11.2. The number of nitro groups is 1. The van der Waals surface area contributed by atoms with Gasteiger partial charge in [-0.2, -0.15) is 0 Å². The number of non-ortho nitro benzene ring substituents is 1. The standard InChI is InChI=1S/C27H23N3O7/c1-16-4-11-23(17(2)12-16)29-26(32)22(25(31)28-27(29)33)13-19-7-10-21(36-3)14-24(19)37-15-18-5-8-20(9-6-18)30(34)35/h4-14H,15H2,1-3H3,(H,28,31,33)/b22-13+. The summed E-state index contributed by atoms with van der Waals surface area (Å²) in [6.45, 7) is 3.73. The lowest BCUT2D eigenvalue weighted by molar-refractivity contribution is -0.384. The van der Waals surface area contributed by atoms with E-state index in [4.69, 9.17) is 9.47 Å². The minimum atomic E-state index is -0.830. The molecule has 1 saturated heterocycles. The van der Waals surface area contributed by atoms with Gasteiger partial charge < -0.3 is 9.47 Å². The van der Waals surface area contributed by atoms with Crippen LogP contribution in [-0.4, -0.2) is 29.9 Å². The number of benzene rings is 3. The van der Waals surface area contributed by atoms with Crippen LogP contribution in [0.1, 0.15) is 22.3 Å². The zero-order valence-electron chi connectivity index (χ0n) is 20.3. The third kappa shape index (κ3) is 5.32. The van der Waals surface area contributed by atoms with Crippen molar-refractivity contribution in [1.29, 1.82) is 0 Å². The highest BCUT2D eigenvalue weighted by Gasteiger charge is 2.37. The summed E-state index contributed by atoms with van der Waals surface area (Å²) in [5.74, 6) is -0.806. The fraction of sp³-hybridized carbons (Fsp3) is 0.148. The lowest BCUT2D eigenvalue weighted by Crippen LogP contribution is -2.54. The minimum Gasteiger partial charge on any atom is -0.497 e. The number of hydrogen-bond donors (Lipinski definition) is 1. The van der Waals surface area contributed by atoms with Crippen LogP contribution < -0.4 is 19.7 Å². The molecule has 0 unspecified atom stereocenters. The van der Waals surface area contributed by atoms with Gasteiger partial charge in [-0.15, -0.1) is 0 Å². The maximum absolute atomic E-state index is 13.3. The topological polar surface area (TPSA) is 128 Å². The lowest BCUT2D eigenvalue weighted by atomic mass is 10.0. The van der Waals surface area contributed by atoms with E-state index in [1.54, 1.807) is 49.4 Å². The summed E-state index contributed by atoms with van der Waals surface area (Å²) in [5.41, 5.74) is 2.82. The van der Waals surface area contributed by atoms with Gasteiger partial charge in [0.1, 0.15) is 23.7 Å². The highest BCUT2D eigenvalue weighted by atomic mass is 16.6. The molecule has 0 bridgehead atoms. The van der Waals surface area contributed by atoms with Gasteiger partial charge in [0.15, 0.2) is 0 Å². The van der Waals surface area contributed by atoms with Crippen LogP contribution in [0.3, 0.4) is 0 Å². The molecule has 1 aliphatic heterocycles. The summed E-state index contributed by atoms with van der Waals surface area (Å²) in [4.78, 5) is 49.9. The molecule has 0 saturated carbocycles. The van der Waals surface area contributed by atoms with E-state index >= 15 is 0 Å². The number of barbiturate groups is 1. The number of methoxy groups -OCH3 is 1. The maximum Gasteiger partial charge on any atom is 0.335 e. The molecule has 0 aromatic heterocycles. The normalized spacial score (nSPS) is 14.5. The number of nitrogens with one attached hydrogen (secondary N) is 1. The summed E-state index contributed by atoms with van der Waals surface area (Å²) in [6.07, 6.45) is 1.35. The van der Waals surface area contributed by atoms with Gasteiger partial charge >= 0.3 is 6.03 Å². The Morgan fingerprint density at radius 2 is 1.73 bits per heavy atom. The molecule has 10 nitrogen and oxygen atoms in total. The average molecular weight is 501 g/mol. The first-order valence-corrected chi connectivity index (χ1v) is 11.2. The average Bonchev–Trinajstić information content (AvgIpc) is 2.87. The third-order valence-electron chi connectivity index (χ3n) is 5.76. The molecular weight excluding hydrogens is 478 g/mol. The highest BCUT2D eigenvalue weighted by Crippen LogP contribution is 2.30. The molecule has 1 heterocycles. The van der Waals surface area contributed by atoms with Crippen molar-refractivity contribution >= 4 is 35.3 Å². The van der Waals surface area contributed by atoms with Crippen LogP contribution in [-0.2, 0) is 16.2 Å². The number of urea groups is 1. The van der Waals surface area contributed by atoms with Crippen LogP contribution in [0.4, 0.5) is 16.2 Å². The Labute approximate surface area is 212 Å². The second kappa shape index (κ2) is 10.3. The molecule has 0 atom stereocenters. The summed E-state index contributed by atoms with van der Waals surface area (Å²) in [5, 5.41) is 13.1. The number of aryl methyl sites for hydroxylation is 2. The molecule has 1 fully saturated rings. The van der Waals surface area contributed by atoms with Crippen molar-refractivity contribution in [2.75, 3.05) is 12.0 Å². The molecule has 188 valence electrons. The smallest absolute Gasteiger partial charge is 0.335 e. The number of carbonyl (C=O) groups is 3. The van der Waals surface area contributed by atoms with Crippen molar-refractivity contribution in [1.82, 2.24) is 5.32 Å². The SMILES string of the molecule is COc1ccc(/C=C2\C(=O)NC(=O)N(c3ccc(C)cc3C)C2=O)c(OCc2ccc([N+](=O)[O-])cc2)c1. The quantitative estimate of drug-likeness (QED) is 0.219. The van der Waals surface area contributed by atoms with E-state index in [9.17, 15) is 24.5 Å². The zero-order valence-corrected chi connectivity index (χ0v) is 20.3. The van der Waals surface area contributed by atoms with Gasteiger partial charge in [-0.3, -0.25) is 25.0 Å². The molecule has 0 aliphatic carbocycles. The Morgan fingerprint density at radius 1 is 1.00 bits per heavy atom. The number of amides is 4. The van der Waals surface area contributed by atoms with Gasteiger partial charge in [0, 0.05) is 23.8 Å². The van der Waals surface area contributed by atoms with Gasteiger partial charge in [-0.25, -0.2) is 9.69 Å². The van der Waals surface area contributed by atoms with E-state index in [1.165, 1.54) is 25.3 Å². The van der Waals surface area contributed by atoms with Gasteiger partial charge in [0.25, 0.3) is 17.5 Å². The van der Waals surface area contributed by atoms with Crippen LogP contribution in [0.25, 0.3) is 6.08 Å². The van der Waals surface area contributed by atoms with Crippen molar-refractivity contribution in [3.63, 3.8) is 0 Å². The van der Waals surface area contributed by atoms with E-state index in [-0.39, 0.29) is 17.9 Å². The molecule has 1 N–H and O–H groups in total. The van der Waals surface area contributed by atoms with E-state index in [2.05, 4.69) is 5.32 Å². The molecule has 1 aliphatic rings. The molecule has 3 aromatic rings.